The third-order valence-corrected chi connectivity index (χ3v) is 22.9. The van der Waals surface area contributed by atoms with E-state index in [9.17, 15) is 0 Å². The van der Waals surface area contributed by atoms with Crippen molar-refractivity contribution >= 4 is 74.0 Å². The van der Waals surface area contributed by atoms with Gasteiger partial charge in [-0.25, -0.2) is 0 Å². The van der Waals surface area contributed by atoms with E-state index in [1.165, 1.54) is 102 Å². The fourth-order valence-electron chi connectivity index (χ4n) is 10.8. The van der Waals surface area contributed by atoms with Crippen molar-refractivity contribution in [3.8, 4) is 27.9 Å². The Kier molecular flexibility index (Phi) is 11.1. The van der Waals surface area contributed by atoms with Crippen LogP contribution in [-0.2, 0) is 0 Å². The number of hydrogen-bond donors (Lipinski definition) is 0. The van der Waals surface area contributed by atoms with Crippen molar-refractivity contribution in [1.82, 2.24) is 9.47 Å². The molecule has 0 saturated heterocycles. The Morgan fingerprint density at radius 3 is 2.19 bits per heavy atom. The van der Waals surface area contributed by atoms with Crippen LogP contribution in [0.5, 0.6) is 0 Å². The fraction of sp³-hybridized carbons (Fsp3) is 0.200. The van der Waals surface area contributed by atoms with Crippen molar-refractivity contribution in [2.75, 3.05) is 15.9 Å². The molecule has 0 spiro atoms. The molecule has 2 aliphatic rings. The van der Waals surface area contributed by atoms with Crippen LogP contribution < -0.4 is 0 Å². The zero-order chi connectivity index (χ0) is 43.3. The number of aromatic nitrogens is 1. The van der Waals surface area contributed by atoms with Gasteiger partial charge in [-0.05, 0) is 11.6 Å². The molecule has 11 rings (SSSR count). The molecule has 2 nitrogen and oxygen atoms in total. The van der Waals surface area contributed by atoms with Crippen LogP contribution in [0, 0.1) is 5.92 Å². The van der Waals surface area contributed by atoms with Gasteiger partial charge in [-0.3, -0.25) is 0 Å². The van der Waals surface area contributed by atoms with Gasteiger partial charge < -0.3 is 0 Å². The second kappa shape index (κ2) is 17.4. The van der Waals surface area contributed by atoms with E-state index < -0.39 is 19.8 Å². The number of halogens is 1. The first-order valence-corrected chi connectivity index (χ1v) is 28.2. The Bertz CT molecular complexity index is 3210. The van der Waals surface area contributed by atoms with E-state index in [1.807, 2.05) is 11.3 Å². The molecule has 64 heavy (non-hydrogen) atoms. The third-order valence-electron chi connectivity index (χ3n) is 13.9. The molecule has 318 valence electrons. The van der Waals surface area contributed by atoms with Crippen LogP contribution in [0.15, 0.2) is 182 Å². The summed E-state index contributed by atoms with van der Waals surface area (Å²) in [4.78, 5) is 2.65. The maximum absolute atomic E-state index is 2.65. The van der Waals surface area contributed by atoms with Crippen LogP contribution in [0.2, 0.25) is 0 Å². The van der Waals surface area contributed by atoms with Crippen molar-refractivity contribution in [2.45, 2.75) is 49.5 Å². The van der Waals surface area contributed by atoms with Crippen molar-refractivity contribution in [3.05, 3.63) is 210 Å². The Morgan fingerprint density at radius 1 is 0.625 bits per heavy atom. The molecule has 7 aromatic carbocycles. The molecule has 0 radical (unpaired) electrons. The zero-order valence-electron chi connectivity index (χ0n) is 37.2. The molecule has 0 amide bonds. The topological polar surface area (TPSA) is 8.17 Å². The summed E-state index contributed by atoms with van der Waals surface area (Å²) in [6, 6.07) is 64.5. The van der Waals surface area contributed by atoms with Crippen LogP contribution >= 0.6 is 31.2 Å². The van der Waals surface area contributed by atoms with Gasteiger partial charge in [-0.2, -0.15) is 0 Å². The minimum absolute atomic E-state index is 0.292. The Hall–Kier alpha value is -5.69. The van der Waals surface area contributed by atoms with Crippen molar-refractivity contribution in [1.29, 1.82) is 0 Å². The molecule has 2 aromatic heterocycles. The number of rotatable bonds is 7. The van der Waals surface area contributed by atoms with Gasteiger partial charge in [0.05, 0.1) is 0 Å². The van der Waals surface area contributed by atoms with E-state index in [2.05, 4.69) is 225 Å². The first kappa shape index (κ1) is 41.0. The molecule has 1 aliphatic heterocycles. The fourth-order valence-corrected chi connectivity index (χ4v) is 19.7. The summed E-state index contributed by atoms with van der Waals surface area (Å²) in [5, 5.41) is 4.02. The number of nitrogens with zero attached hydrogens (tertiary/aromatic N) is 2. The Balaban J connectivity index is 1.02. The summed E-state index contributed by atoms with van der Waals surface area (Å²) in [5.74, 6) is 0.924. The van der Waals surface area contributed by atoms with Gasteiger partial charge in [0.25, 0.3) is 0 Å². The molecular weight excluding hydrogens is 908 g/mol. The number of fused-ring (bicyclic) bond motifs is 6. The Morgan fingerprint density at radius 2 is 1.34 bits per heavy atom. The molecule has 3 heterocycles. The third kappa shape index (κ3) is 7.33. The van der Waals surface area contributed by atoms with E-state index in [0.717, 1.165) is 12.8 Å². The van der Waals surface area contributed by atoms with E-state index in [-0.39, 0.29) is 0 Å². The monoisotopic (exact) mass is 962 g/mol. The van der Waals surface area contributed by atoms with E-state index in [0.29, 0.717) is 21.8 Å². The Labute approximate surface area is 390 Å². The molecular formula is C60H55IN2S. The second-order valence-corrected chi connectivity index (χ2v) is 25.5. The van der Waals surface area contributed by atoms with Crippen LogP contribution in [0.25, 0.3) is 70.8 Å². The molecule has 4 unspecified atom stereocenters. The average Bonchev–Trinajstić information content (AvgIpc) is 3.91. The number of benzene rings is 7. The van der Waals surface area contributed by atoms with Crippen molar-refractivity contribution < 1.29 is 0 Å². The normalized spacial score (nSPS) is 20.5. The molecule has 9 aromatic rings. The number of thiophene rings is 1. The van der Waals surface area contributed by atoms with Gasteiger partial charge in [0, 0.05) is 20.2 Å². The molecule has 0 N–H and O–H groups in total. The van der Waals surface area contributed by atoms with Gasteiger partial charge in [0.15, 0.2) is 0 Å². The van der Waals surface area contributed by atoms with Gasteiger partial charge >= 0.3 is 313 Å². The molecule has 0 bridgehead atoms. The number of alkyl halides is 3. The summed E-state index contributed by atoms with van der Waals surface area (Å²) < 4.78 is 8.41. The number of hydrogen-bond acceptors (Lipinski definition) is 2. The predicted molar refractivity (Wildman–Crippen MR) is 286 cm³/mol. The standard InChI is InChI=1S/C60H55IN2S/c1-5-61-39-56(43-21-10-7-11-22-43)62(4)54(34-32-40(2)58(61)47-25-15-23-44(36-47)42-19-8-6-9-20-42)46-24-16-26-48(37-46)63-55-35-33-45(38-53(55)51-29-14-18-41(3)59(51)63)49-28-17-30-52-50-27-12-13-31-57(50)64-60(49)52/h6-17,19-31,33-38,40-41,56,58H,5,18,32,39H2,1-4H3/b54-34+. The van der Waals surface area contributed by atoms with Crippen LogP contribution in [0.3, 0.4) is 0 Å². The van der Waals surface area contributed by atoms with Gasteiger partial charge in [-0.1, -0.05) is 36.4 Å². The summed E-state index contributed by atoms with van der Waals surface area (Å²) >= 11 is 0.330. The molecule has 0 saturated carbocycles. The van der Waals surface area contributed by atoms with E-state index >= 15 is 0 Å². The zero-order valence-corrected chi connectivity index (χ0v) is 40.2. The predicted octanol–water partition coefficient (Wildman–Crippen LogP) is 17.2. The first-order valence-electron chi connectivity index (χ1n) is 23.0. The minimum atomic E-state index is -1.58. The van der Waals surface area contributed by atoms with Crippen LogP contribution in [0.4, 0.5) is 0 Å². The molecule has 0 fully saturated rings. The van der Waals surface area contributed by atoms with Crippen molar-refractivity contribution in [2.24, 2.45) is 5.92 Å². The second-order valence-electron chi connectivity index (χ2n) is 17.9. The quantitative estimate of drug-likeness (QED) is 0.114. The molecule has 1 aliphatic carbocycles. The van der Waals surface area contributed by atoms with Crippen LogP contribution in [0.1, 0.15) is 77.4 Å². The van der Waals surface area contributed by atoms with Gasteiger partial charge in [0.2, 0.25) is 0 Å². The van der Waals surface area contributed by atoms with Crippen molar-refractivity contribution in [3.63, 3.8) is 0 Å². The summed E-state index contributed by atoms with van der Waals surface area (Å²) in [6.45, 7) is 7.42. The first-order chi connectivity index (χ1) is 31.4. The number of allylic oxidation sites excluding steroid dienone is 2. The SMILES string of the molecule is CCI1CC(c2ccccc2)N(C)/C(c2cccc(-n3c4c(c5cc(-c6cccc7c6sc6ccccc67)ccc53)C=CCC4C)c2)=C/CC(C)C1c1cccc(-c2ccccc2)c1. The summed E-state index contributed by atoms with van der Waals surface area (Å²) in [7, 11) is 2.37. The van der Waals surface area contributed by atoms with E-state index in [4.69, 9.17) is 0 Å². The van der Waals surface area contributed by atoms with Gasteiger partial charge in [0.1, 0.15) is 0 Å². The molecule has 4 atom stereocenters. The molecule has 4 heteroatoms. The van der Waals surface area contributed by atoms with E-state index in [1.54, 1.807) is 0 Å². The summed E-state index contributed by atoms with van der Waals surface area (Å²) in [5.41, 5.74) is 16.1. The van der Waals surface area contributed by atoms with Gasteiger partial charge in [-0.15, -0.1) is 11.3 Å². The maximum atomic E-state index is 2.65. The average molecular weight is 963 g/mol. The van der Waals surface area contributed by atoms with Crippen LogP contribution in [-0.4, -0.2) is 25.4 Å². The summed E-state index contributed by atoms with van der Waals surface area (Å²) in [6.07, 6.45) is 9.45.